The smallest absolute Gasteiger partial charge is 0.303 e. The minimum Gasteiger partial charge on any atom is -0.481 e. The fourth-order valence-electron chi connectivity index (χ4n) is 1.79. The van der Waals surface area contributed by atoms with Gasteiger partial charge in [0.15, 0.2) is 0 Å². The van der Waals surface area contributed by atoms with Gasteiger partial charge in [-0.3, -0.25) is 9.78 Å². The van der Waals surface area contributed by atoms with Crippen LogP contribution in [0.4, 0.5) is 0 Å². The van der Waals surface area contributed by atoms with Crippen molar-refractivity contribution in [2.75, 3.05) is 6.54 Å². The zero-order valence-corrected chi connectivity index (χ0v) is 10.1. The van der Waals surface area contributed by atoms with E-state index in [0.29, 0.717) is 19.5 Å². The molecule has 0 fully saturated rings. The van der Waals surface area contributed by atoms with Crippen molar-refractivity contribution in [2.45, 2.75) is 19.4 Å². The van der Waals surface area contributed by atoms with E-state index in [9.17, 15) is 4.79 Å². The van der Waals surface area contributed by atoms with E-state index in [2.05, 4.69) is 16.4 Å². The van der Waals surface area contributed by atoms with Gasteiger partial charge in [-0.1, -0.05) is 24.3 Å². The van der Waals surface area contributed by atoms with Gasteiger partial charge in [0, 0.05) is 18.4 Å². The number of nitrogens with zero attached hydrogens (tertiary/aromatic N) is 1. The summed E-state index contributed by atoms with van der Waals surface area (Å²) in [5, 5.41) is 12.8. The van der Waals surface area contributed by atoms with Crippen LogP contribution in [0.2, 0.25) is 0 Å². The van der Waals surface area contributed by atoms with Crippen molar-refractivity contribution in [1.29, 1.82) is 0 Å². The average molecular weight is 244 g/mol. The molecule has 0 unspecified atom stereocenters. The summed E-state index contributed by atoms with van der Waals surface area (Å²) < 4.78 is 0. The number of nitrogens with one attached hydrogen (secondary N) is 1. The zero-order valence-electron chi connectivity index (χ0n) is 10.1. The highest BCUT2D eigenvalue weighted by Crippen LogP contribution is 2.11. The van der Waals surface area contributed by atoms with Crippen molar-refractivity contribution in [2.24, 2.45) is 0 Å². The third kappa shape index (κ3) is 3.53. The molecular weight excluding hydrogens is 228 g/mol. The van der Waals surface area contributed by atoms with Gasteiger partial charge in [-0.15, -0.1) is 0 Å². The first-order valence-electron chi connectivity index (χ1n) is 6.03. The van der Waals surface area contributed by atoms with Crippen molar-refractivity contribution in [3.8, 4) is 0 Å². The van der Waals surface area contributed by atoms with Gasteiger partial charge in [0.1, 0.15) is 0 Å². The van der Waals surface area contributed by atoms with Gasteiger partial charge in [-0.25, -0.2) is 0 Å². The number of carbonyl (C=O) groups is 1. The van der Waals surface area contributed by atoms with E-state index in [1.807, 2.05) is 30.3 Å². The topological polar surface area (TPSA) is 62.2 Å². The Balaban J connectivity index is 1.86. The number of pyridine rings is 1. The first-order chi connectivity index (χ1) is 8.75. The summed E-state index contributed by atoms with van der Waals surface area (Å²) in [6.45, 7) is 1.37. The minimum atomic E-state index is -0.749. The van der Waals surface area contributed by atoms with Gasteiger partial charge in [-0.05, 0) is 25.1 Å². The van der Waals surface area contributed by atoms with Gasteiger partial charge in [0.05, 0.1) is 11.2 Å². The molecule has 1 heterocycles. The summed E-state index contributed by atoms with van der Waals surface area (Å²) >= 11 is 0. The molecule has 0 saturated carbocycles. The number of carboxylic acids is 1. The highest BCUT2D eigenvalue weighted by Gasteiger charge is 1.99. The predicted octanol–water partition coefficient (Wildman–Crippen LogP) is 2.19. The van der Waals surface area contributed by atoms with E-state index >= 15 is 0 Å². The number of hydrogen-bond donors (Lipinski definition) is 2. The van der Waals surface area contributed by atoms with Crippen molar-refractivity contribution < 1.29 is 9.90 Å². The summed E-state index contributed by atoms with van der Waals surface area (Å²) in [6.07, 6.45) is 0.848. The van der Waals surface area contributed by atoms with Crippen molar-refractivity contribution in [3.63, 3.8) is 0 Å². The molecule has 4 heteroatoms. The van der Waals surface area contributed by atoms with E-state index in [0.717, 1.165) is 16.6 Å². The number of hydrogen-bond acceptors (Lipinski definition) is 3. The fourth-order valence-corrected chi connectivity index (χ4v) is 1.79. The van der Waals surface area contributed by atoms with Crippen LogP contribution in [0, 0.1) is 0 Å². The maximum Gasteiger partial charge on any atom is 0.303 e. The zero-order chi connectivity index (χ0) is 12.8. The lowest BCUT2D eigenvalue weighted by Crippen LogP contribution is -2.16. The molecule has 18 heavy (non-hydrogen) atoms. The van der Waals surface area contributed by atoms with Gasteiger partial charge in [0.2, 0.25) is 0 Å². The minimum absolute atomic E-state index is 0.206. The van der Waals surface area contributed by atoms with E-state index < -0.39 is 5.97 Å². The molecule has 0 aliphatic rings. The fraction of sp³-hybridized carbons (Fsp3) is 0.286. The van der Waals surface area contributed by atoms with Gasteiger partial charge in [-0.2, -0.15) is 0 Å². The summed E-state index contributed by atoms with van der Waals surface area (Å²) in [4.78, 5) is 14.9. The lowest BCUT2D eigenvalue weighted by molar-refractivity contribution is -0.137. The monoisotopic (exact) mass is 244 g/mol. The molecule has 0 saturated heterocycles. The Bertz CT molecular complexity index is 540. The Hall–Kier alpha value is -1.94. The summed E-state index contributed by atoms with van der Waals surface area (Å²) in [6, 6.07) is 12.0. The largest absolute Gasteiger partial charge is 0.481 e. The summed E-state index contributed by atoms with van der Waals surface area (Å²) in [5.74, 6) is -0.749. The van der Waals surface area contributed by atoms with Gasteiger partial charge >= 0.3 is 5.97 Å². The molecule has 1 aromatic carbocycles. The number of para-hydroxylation sites is 1. The van der Waals surface area contributed by atoms with Crippen LogP contribution in [-0.2, 0) is 11.3 Å². The van der Waals surface area contributed by atoms with Gasteiger partial charge in [0.25, 0.3) is 0 Å². The van der Waals surface area contributed by atoms with E-state index in [4.69, 9.17) is 5.11 Å². The summed E-state index contributed by atoms with van der Waals surface area (Å²) in [5.41, 5.74) is 1.96. The first kappa shape index (κ1) is 12.5. The van der Waals surface area contributed by atoms with Crippen LogP contribution < -0.4 is 5.32 Å². The summed E-state index contributed by atoms with van der Waals surface area (Å²) in [7, 11) is 0. The number of carboxylic acid groups (broad SMARTS) is 1. The molecule has 1 aromatic heterocycles. The molecule has 0 bridgehead atoms. The SMILES string of the molecule is O=C(O)CCCNCc1ccc2ccccc2n1. The van der Waals surface area contributed by atoms with Crippen LogP contribution in [0.1, 0.15) is 18.5 Å². The van der Waals surface area contributed by atoms with Crippen molar-refractivity contribution >= 4 is 16.9 Å². The molecular formula is C14H16N2O2. The Morgan fingerprint density at radius 3 is 2.89 bits per heavy atom. The van der Waals surface area contributed by atoms with E-state index in [-0.39, 0.29) is 6.42 Å². The molecule has 2 rings (SSSR count). The molecule has 0 radical (unpaired) electrons. The Morgan fingerprint density at radius 2 is 2.06 bits per heavy atom. The normalized spacial score (nSPS) is 10.7. The quantitative estimate of drug-likeness (QED) is 0.765. The third-order valence-corrected chi connectivity index (χ3v) is 2.71. The van der Waals surface area contributed by atoms with E-state index in [1.165, 1.54) is 0 Å². The number of aliphatic carboxylic acids is 1. The predicted molar refractivity (Wildman–Crippen MR) is 70.3 cm³/mol. The van der Waals surface area contributed by atoms with Crippen LogP contribution in [0.3, 0.4) is 0 Å². The van der Waals surface area contributed by atoms with Crippen molar-refractivity contribution in [1.82, 2.24) is 10.3 Å². The van der Waals surface area contributed by atoms with Crippen LogP contribution >= 0.6 is 0 Å². The molecule has 0 spiro atoms. The van der Waals surface area contributed by atoms with Gasteiger partial charge < -0.3 is 10.4 Å². The van der Waals surface area contributed by atoms with E-state index in [1.54, 1.807) is 0 Å². The molecule has 0 amide bonds. The maximum absolute atomic E-state index is 10.3. The Morgan fingerprint density at radius 1 is 1.22 bits per heavy atom. The van der Waals surface area contributed by atoms with Crippen LogP contribution in [0.5, 0.6) is 0 Å². The molecule has 2 aromatic rings. The molecule has 2 N–H and O–H groups in total. The maximum atomic E-state index is 10.3. The highest BCUT2D eigenvalue weighted by atomic mass is 16.4. The van der Waals surface area contributed by atoms with Crippen LogP contribution in [0.15, 0.2) is 36.4 Å². The number of aromatic nitrogens is 1. The first-order valence-corrected chi connectivity index (χ1v) is 6.03. The second-order valence-corrected chi connectivity index (χ2v) is 4.17. The van der Waals surface area contributed by atoms with Crippen LogP contribution in [0.25, 0.3) is 10.9 Å². The molecule has 4 nitrogen and oxygen atoms in total. The standard InChI is InChI=1S/C14H16N2O2/c17-14(18)6-3-9-15-10-12-8-7-11-4-1-2-5-13(11)16-12/h1-2,4-5,7-8,15H,3,6,9-10H2,(H,17,18). The number of benzene rings is 1. The average Bonchev–Trinajstić information content (AvgIpc) is 2.38. The number of fused-ring (bicyclic) bond motifs is 1. The van der Waals surface area contributed by atoms with Crippen molar-refractivity contribution in [3.05, 3.63) is 42.1 Å². The molecule has 94 valence electrons. The Labute approximate surface area is 106 Å². The lowest BCUT2D eigenvalue weighted by Gasteiger charge is -2.04. The molecule has 0 aliphatic heterocycles. The lowest BCUT2D eigenvalue weighted by atomic mass is 10.2. The third-order valence-electron chi connectivity index (χ3n) is 2.71. The second kappa shape index (κ2) is 6.12. The Kier molecular flexibility index (Phi) is 4.25. The number of rotatable bonds is 6. The highest BCUT2D eigenvalue weighted by molar-refractivity contribution is 5.78. The molecule has 0 atom stereocenters. The molecule has 0 aliphatic carbocycles. The van der Waals surface area contributed by atoms with Crippen LogP contribution in [-0.4, -0.2) is 22.6 Å². The second-order valence-electron chi connectivity index (χ2n) is 4.17.